The summed E-state index contributed by atoms with van der Waals surface area (Å²) in [6.07, 6.45) is 6.57. The Balaban J connectivity index is 1.94. The molecule has 0 saturated heterocycles. The van der Waals surface area contributed by atoms with Gasteiger partial charge in [-0.25, -0.2) is 9.78 Å². The molecule has 5 heteroatoms. The van der Waals surface area contributed by atoms with Crippen molar-refractivity contribution in [1.29, 1.82) is 0 Å². The summed E-state index contributed by atoms with van der Waals surface area (Å²) in [5, 5.41) is 2.98. The van der Waals surface area contributed by atoms with Gasteiger partial charge in [0.15, 0.2) is 0 Å². The standard InChI is InChI=1S/C25H35N3O2/c1-5-7-8-9-10-18-26-25(29)28(4)24-13-11-12-23(27-24)22-16-14-21(15-17-22)19-20(3)30-6-2/h11-17H,3,5-10,18-19H2,1-2,4H3,(H,26,29). The molecule has 0 saturated carbocycles. The Morgan fingerprint density at radius 2 is 1.80 bits per heavy atom. The number of unbranched alkanes of at least 4 members (excludes halogenated alkanes) is 4. The SMILES string of the molecule is C=C(Cc1ccc(-c2cccc(N(C)C(=O)NCCCCCCC)n2)cc1)OCC. The molecule has 5 nitrogen and oxygen atoms in total. The van der Waals surface area contributed by atoms with Gasteiger partial charge in [0, 0.05) is 25.6 Å². The van der Waals surface area contributed by atoms with Crippen LogP contribution >= 0.6 is 0 Å². The number of carbonyl (C=O) groups excluding carboxylic acids is 1. The minimum absolute atomic E-state index is 0.125. The fourth-order valence-electron chi connectivity index (χ4n) is 3.19. The van der Waals surface area contributed by atoms with E-state index in [0.29, 0.717) is 25.4 Å². The molecule has 2 rings (SSSR count). The molecule has 0 atom stereocenters. The molecular formula is C25H35N3O2. The second-order valence-electron chi connectivity index (χ2n) is 7.43. The molecule has 1 N–H and O–H groups in total. The van der Waals surface area contributed by atoms with Crippen molar-refractivity contribution in [2.75, 3.05) is 25.1 Å². The fraction of sp³-hybridized carbons (Fsp3) is 0.440. The molecule has 0 aliphatic carbocycles. The van der Waals surface area contributed by atoms with Gasteiger partial charge in [-0.2, -0.15) is 0 Å². The Hall–Kier alpha value is -2.82. The van der Waals surface area contributed by atoms with Crippen molar-refractivity contribution in [2.24, 2.45) is 0 Å². The van der Waals surface area contributed by atoms with Crippen molar-refractivity contribution in [2.45, 2.75) is 52.4 Å². The molecule has 2 aromatic rings. The molecule has 1 aromatic carbocycles. The second kappa shape index (κ2) is 12.7. The molecule has 0 aliphatic rings. The molecule has 0 fully saturated rings. The number of carbonyl (C=O) groups is 1. The summed E-state index contributed by atoms with van der Waals surface area (Å²) in [5.74, 6) is 1.40. The maximum absolute atomic E-state index is 12.4. The maximum Gasteiger partial charge on any atom is 0.322 e. The lowest BCUT2D eigenvalue weighted by Gasteiger charge is -2.18. The average molecular weight is 410 g/mol. The zero-order valence-electron chi connectivity index (χ0n) is 18.6. The minimum Gasteiger partial charge on any atom is -0.498 e. The average Bonchev–Trinajstić information content (AvgIpc) is 2.76. The summed E-state index contributed by atoms with van der Waals surface area (Å²) in [7, 11) is 1.75. The van der Waals surface area contributed by atoms with Crippen LogP contribution in [0.5, 0.6) is 0 Å². The van der Waals surface area contributed by atoms with Crippen molar-refractivity contribution in [3.8, 4) is 11.3 Å². The first-order valence-electron chi connectivity index (χ1n) is 10.9. The minimum atomic E-state index is -0.125. The number of pyridine rings is 1. The highest BCUT2D eigenvalue weighted by molar-refractivity contribution is 5.90. The Morgan fingerprint density at radius 3 is 2.50 bits per heavy atom. The monoisotopic (exact) mass is 409 g/mol. The molecule has 2 amide bonds. The molecule has 0 radical (unpaired) electrons. The van der Waals surface area contributed by atoms with Crippen LogP contribution in [0.1, 0.15) is 51.5 Å². The van der Waals surface area contributed by atoms with Crippen molar-refractivity contribution in [3.63, 3.8) is 0 Å². The van der Waals surface area contributed by atoms with Gasteiger partial charge in [0.2, 0.25) is 0 Å². The van der Waals surface area contributed by atoms with E-state index >= 15 is 0 Å². The summed E-state index contributed by atoms with van der Waals surface area (Å²) < 4.78 is 5.43. The van der Waals surface area contributed by atoms with Crippen LogP contribution < -0.4 is 10.2 Å². The van der Waals surface area contributed by atoms with Gasteiger partial charge in [0.25, 0.3) is 0 Å². The number of rotatable bonds is 12. The van der Waals surface area contributed by atoms with Crippen LogP contribution in [0.4, 0.5) is 10.6 Å². The normalized spacial score (nSPS) is 10.5. The number of nitrogens with one attached hydrogen (secondary N) is 1. The molecule has 0 unspecified atom stereocenters. The Kier molecular flexibility index (Phi) is 9.92. The maximum atomic E-state index is 12.4. The quantitative estimate of drug-likeness (QED) is 0.348. The number of hydrogen-bond donors (Lipinski definition) is 1. The first-order valence-corrected chi connectivity index (χ1v) is 10.9. The van der Waals surface area contributed by atoms with Crippen LogP contribution in [0.15, 0.2) is 54.8 Å². The zero-order valence-corrected chi connectivity index (χ0v) is 18.6. The predicted octanol–water partition coefficient (Wildman–Crippen LogP) is 5.96. The first-order chi connectivity index (χ1) is 14.5. The third-order valence-corrected chi connectivity index (χ3v) is 4.94. The topological polar surface area (TPSA) is 54.5 Å². The van der Waals surface area contributed by atoms with Gasteiger partial charge in [-0.05, 0) is 31.0 Å². The van der Waals surface area contributed by atoms with Crippen LogP contribution in [0.2, 0.25) is 0 Å². The van der Waals surface area contributed by atoms with E-state index in [-0.39, 0.29) is 6.03 Å². The van der Waals surface area contributed by atoms with Crippen molar-refractivity contribution in [3.05, 3.63) is 60.4 Å². The number of nitrogens with zero attached hydrogens (tertiary/aromatic N) is 2. The van der Waals surface area contributed by atoms with Crippen LogP contribution in [-0.4, -0.2) is 31.2 Å². The van der Waals surface area contributed by atoms with E-state index in [9.17, 15) is 4.79 Å². The van der Waals surface area contributed by atoms with E-state index in [1.54, 1.807) is 11.9 Å². The van der Waals surface area contributed by atoms with Gasteiger partial charge in [-0.3, -0.25) is 4.90 Å². The Bertz CT molecular complexity index is 802. The van der Waals surface area contributed by atoms with Gasteiger partial charge in [-0.1, -0.05) is 69.5 Å². The lowest BCUT2D eigenvalue weighted by Crippen LogP contribution is -2.38. The summed E-state index contributed by atoms with van der Waals surface area (Å²) in [4.78, 5) is 18.7. The molecule has 30 heavy (non-hydrogen) atoms. The number of benzene rings is 1. The van der Waals surface area contributed by atoms with E-state index in [1.807, 2.05) is 37.3 Å². The van der Waals surface area contributed by atoms with Crippen LogP contribution in [0.3, 0.4) is 0 Å². The Morgan fingerprint density at radius 1 is 1.07 bits per heavy atom. The highest BCUT2D eigenvalue weighted by Crippen LogP contribution is 2.21. The summed E-state index contributed by atoms with van der Waals surface area (Å²) in [5.41, 5.74) is 2.98. The summed E-state index contributed by atoms with van der Waals surface area (Å²) in [6.45, 7) is 9.41. The Labute approximate surface area is 181 Å². The predicted molar refractivity (Wildman–Crippen MR) is 125 cm³/mol. The zero-order chi connectivity index (χ0) is 21.8. The van der Waals surface area contributed by atoms with Crippen LogP contribution in [-0.2, 0) is 11.2 Å². The number of hydrogen-bond acceptors (Lipinski definition) is 3. The highest BCUT2D eigenvalue weighted by atomic mass is 16.5. The van der Waals surface area contributed by atoms with Crippen molar-refractivity contribution < 1.29 is 9.53 Å². The first kappa shape index (κ1) is 23.5. The van der Waals surface area contributed by atoms with Gasteiger partial charge in [0.05, 0.1) is 18.1 Å². The van der Waals surface area contributed by atoms with E-state index in [1.165, 1.54) is 19.3 Å². The third-order valence-electron chi connectivity index (χ3n) is 4.94. The second-order valence-corrected chi connectivity index (χ2v) is 7.43. The van der Waals surface area contributed by atoms with E-state index in [0.717, 1.165) is 35.4 Å². The fourth-order valence-corrected chi connectivity index (χ4v) is 3.19. The molecule has 1 heterocycles. The summed E-state index contributed by atoms with van der Waals surface area (Å²) in [6, 6.07) is 13.8. The van der Waals surface area contributed by atoms with E-state index in [2.05, 4.69) is 35.9 Å². The van der Waals surface area contributed by atoms with Gasteiger partial charge < -0.3 is 10.1 Å². The highest BCUT2D eigenvalue weighted by Gasteiger charge is 2.12. The molecule has 1 aromatic heterocycles. The summed E-state index contributed by atoms with van der Waals surface area (Å²) >= 11 is 0. The van der Waals surface area contributed by atoms with Crippen molar-refractivity contribution in [1.82, 2.24) is 10.3 Å². The largest absolute Gasteiger partial charge is 0.498 e. The van der Waals surface area contributed by atoms with Gasteiger partial charge >= 0.3 is 6.03 Å². The smallest absolute Gasteiger partial charge is 0.322 e. The molecule has 162 valence electrons. The van der Waals surface area contributed by atoms with Gasteiger partial charge in [0.1, 0.15) is 5.82 Å². The molecule has 0 spiro atoms. The third kappa shape index (κ3) is 7.54. The van der Waals surface area contributed by atoms with Gasteiger partial charge in [-0.15, -0.1) is 0 Å². The number of urea groups is 1. The lowest BCUT2D eigenvalue weighted by molar-refractivity contribution is 0.225. The van der Waals surface area contributed by atoms with E-state index < -0.39 is 0 Å². The number of ether oxygens (including phenoxy) is 1. The molecular weight excluding hydrogens is 374 g/mol. The van der Waals surface area contributed by atoms with Crippen LogP contribution in [0.25, 0.3) is 11.3 Å². The number of amides is 2. The lowest BCUT2D eigenvalue weighted by atomic mass is 10.1. The number of aromatic nitrogens is 1. The molecule has 0 aliphatic heterocycles. The van der Waals surface area contributed by atoms with E-state index in [4.69, 9.17) is 4.74 Å². The number of allylic oxidation sites excluding steroid dienone is 1. The number of anilines is 1. The molecule has 0 bridgehead atoms. The van der Waals surface area contributed by atoms with Crippen molar-refractivity contribution >= 4 is 11.8 Å². The van der Waals surface area contributed by atoms with Crippen LogP contribution in [0, 0.1) is 0 Å².